The normalized spacial score (nSPS) is 17.1. The molecule has 0 radical (unpaired) electrons. The molecule has 0 bridgehead atoms. The Labute approximate surface area is 142 Å². The summed E-state index contributed by atoms with van der Waals surface area (Å²) < 4.78 is 26.6. The second-order valence-electron chi connectivity index (χ2n) is 6.53. The van der Waals surface area contributed by atoms with E-state index in [9.17, 15) is 13.2 Å². The fourth-order valence-electron chi connectivity index (χ4n) is 2.31. The van der Waals surface area contributed by atoms with Gasteiger partial charge in [-0.05, 0) is 39.0 Å². The minimum absolute atomic E-state index is 0.169. The molecule has 8 heteroatoms. The van der Waals surface area contributed by atoms with E-state index in [-0.39, 0.29) is 29.6 Å². The summed E-state index contributed by atoms with van der Waals surface area (Å²) >= 11 is 5.87. The lowest BCUT2D eigenvalue weighted by atomic mass is 10.1. The second kappa shape index (κ2) is 6.67. The van der Waals surface area contributed by atoms with E-state index in [0.29, 0.717) is 18.1 Å². The van der Waals surface area contributed by atoms with Crippen LogP contribution in [0, 0.1) is 0 Å². The predicted octanol–water partition coefficient (Wildman–Crippen LogP) is 2.15. The quantitative estimate of drug-likeness (QED) is 0.879. The summed E-state index contributed by atoms with van der Waals surface area (Å²) in [6, 6.07) is 6.05. The predicted molar refractivity (Wildman–Crippen MR) is 90.1 cm³/mol. The van der Waals surface area contributed by atoms with Crippen molar-refractivity contribution in [2.45, 2.75) is 31.2 Å². The van der Waals surface area contributed by atoms with Gasteiger partial charge in [0.15, 0.2) is 0 Å². The minimum Gasteiger partial charge on any atom is -0.333 e. The first-order chi connectivity index (χ1) is 10.6. The number of benzene rings is 1. The van der Waals surface area contributed by atoms with E-state index in [1.807, 2.05) is 20.8 Å². The number of hydrogen-bond donors (Lipinski definition) is 1. The van der Waals surface area contributed by atoms with Crippen LogP contribution in [0.4, 0.5) is 4.79 Å². The standard InChI is InChI=1S/C15H22ClN3O3S/c1-15(2,3)17-14(20)18-7-9-19(10-8-18)23(21,22)13-6-4-5-12(16)11-13/h4-6,11H,7-10H2,1-3H3,(H,17,20). The van der Waals surface area contributed by atoms with Crippen LogP contribution in [0.5, 0.6) is 0 Å². The fourth-order valence-corrected chi connectivity index (χ4v) is 4.03. The van der Waals surface area contributed by atoms with Crippen molar-refractivity contribution in [3.63, 3.8) is 0 Å². The molecule has 1 aliphatic heterocycles. The largest absolute Gasteiger partial charge is 0.333 e. The Morgan fingerprint density at radius 3 is 2.30 bits per heavy atom. The number of hydrogen-bond acceptors (Lipinski definition) is 3. The number of nitrogens with one attached hydrogen (secondary N) is 1. The monoisotopic (exact) mass is 359 g/mol. The van der Waals surface area contributed by atoms with Crippen molar-refractivity contribution in [3.05, 3.63) is 29.3 Å². The zero-order valence-electron chi connectivity index (χ0n) is 13.5. The molecular weight excluding hydrogens is 338 g/mol. The fraction of sp³-hybridized carbons (Fsp3) is 0.533. The Bertz CT molecular complexity index is 677. The van der Waals surface area contributed by atoms with Crippen LogP contribution < -0.4 is 5.32 Å². The van der Waals surface area contributed by atoms with Gasteiger partial charge in [0.1, 0.15) is 0 Å². The van der Waals surface area contributed by atoms with E-state index >= 15 is 0 Å². The molecule has 2 rings (SSSR count). The Kier molecular flexibility index (Phi) is 5.23. The number of urea groups is 1. The number of halogens is 1. The van der Waals surface area contributed by atoms with E-state index in [0.717, 1.165) is 0 Å². The summed E-state index contributed by atoms with van der Waals surface area (Å²) in [5.41, 5.74) is -0.318. The molecule has 1 aliphatic rings. The molecular formula is C15H22ClN3O3S. The Hall–Kier alpha value is -1.31. The highest BCUT2D eigenvalue weighted by Gasteiger charge is 2.31. The first-order valence-corrected chi connectivity index (χ1v) is 9.24. The molecule has 1 heterocycles. The van der Waals surface area contributed by atoms with Gasteiger partial charge in [-0.1, -0.05) is 17.7 Å². The zero-order chi connectivity index (χ0) is 17.3. The van der Waals surface area contributed by atoms with Gasteiger partial charge in [0.2, 0.25) is 10.0 Å². The van der Waals surface area contributed by atoms with Gasteiger partial charge in [0, 0.05) is 36.7 Å². The van der Waals surface area contributed by atoms with Crippen LogP contribution in [-0.4, -0.2) is 55.4 Å². The van der Waals surface area contributed by atoms with Gasteiger partial charge in [-0.25, -0.2) is 13.2 Å². The highest BCUT2D eigenvalue weighted by molar-refractivity contribution is 7.89. The highest BCUT2D eigenvalue weighted by Crippen LogP contribution is 2.21. The molecule has 0 unspecified atom stereocenters. The molecule has 1 fully saturated rings. The van der Waals surface area contributed by atoms with Gasteiger partial charge in [0.25, 0.3) is 0 Å². The highest BCUT2D eigenvalue weighted by atomic mass is 35.5. The number of nitrogens with zero attached hydrogens (tertiary/aromatic N) is 2. The average molecular weight is 360 g/mol. The third kappa shape index (κ3) is 4.59. The number of amides is 2. The van der Waals surface area contributed by atoms with Crippen LogP contribution in [0.15, 0.2) is 29.2 Å². The maximum Gasteiger partial charge on any atom is 0.317 e. The molecule has 23 heavy (non-hydrogen) atoms. The zero-order valence-corrected chi connectivity index (χ0v) is 15.1. The summed E-state index contributed by atoms with van der Waals surface area (Å²) in [4.78, 5) is 13.9. The molecule has 0 saturated carbocycles. The van der Waals surface area contributed by atoms with E-state index in [4.69, 9.17) is 11.6 Å². The average Bonchev–Trinajstić information content (AvgIpc) is 2.45. The molecule has 1 saturated heterocycles. The molecule has 0 aliphatic carbocycles. The SMILES string of the molecule is CC(C)(C)NC(=O)N1CCN(S(=O)(=O)c2cccc(Cl)c2)CC1. The van der Waals surface area contributed by atoms with Gasteiger partial charge in [-0.2, -0.15) is 4.31 Å². The van der Waals surface area contributed by atoms with E-state index in [2.05, 4.69) is 5.32 Å². The molecule has 2 amide bonds. The number of sulfonamides is 1. The Morgan fingerprint density at radius 2 is 1.78 bits per heavy atom. The minimum atomic E-state index is -3.58. The van der Waals surface area contributed by atoms with Crippen molar-refractivity contribution in [1.29, 1.82) is 0 Å². The van der Waals surface area contributed by atoms with E-state index in [1.165, 1.54) is 16.4 Å². The number of piperazine rings is 1. The van der Waals surface area contributed by atoms with Crippen LogP contribution in [0.3, 0.4) is 0 Å². The van der Waals surface area contributed by atoms with Gasteiger partial charge >= 0.3 is 6.03 Å². The van der Waals surface area contributed by atoms with E-state index in [1.54, 1.807) is 17.0 Å². The van der Waals surface area contributed by atoms with Crippen LogP contribution in [0.25, 0.3) is 0 Å². The number of carbonyl (C=O) groups excluding carboxylic acids is 1. The van der Waals surface area contributed by atoms with Crippen molar-refractivity contribution in [2.75, 3.05) is 26.2 Å². The summed E-state index contributed by atoms with van der Waals surface area (Å²) in [5, 5.41) is 3.27. The maximum absolute atomic E-state index is 12.6. The molecule has 128 valence electrons. The Balaban J connectivity index is 2.03. The third-order valence-electron chi connectivity index (χ3n) is 3.44. The van der Waals surface area contributed by atoms with Gasteiger partial charge in [-0.15, -0.1) is 0 Å². The summed E-state index contributed by atoms with van der Waals surface area (Å²) in [6.45, 7) is 6.99. The lowest BCUT2D eigenvalue weighted by Gasteiger charge is -2.35. The van der Waals surface area contributed by atoms with Crippen molar-refractivity contribution in [2.24, 2.45) is 0 Å². The summed E-state index contributed by atoms with van der Waals surface area (Å²) in [7, 11) is -3.58. The number of carbonyl (C=O) groups is 1. The van der Waals surface area contributed by atoms with Gasteiger partial charge < -0.3 is 10.2 Å². The topological polar surface area (TPSA) is 69.7 Å². The molecule has 0 aromatic heterocycles. The molecule has 1 N–H and O–H groups in total. The molecule has 0 spiro atoms. The number of rotatable bonds is 2. The lowest BCUT2D eigenvalue weighted by Crippen LogP contribution is -2.55. The third-order valence-corrected chi connectivity index (χ3v) is 5.57. The summed E-state index contributed by atoms with van der Waals surface area (Å²) in [6.07, 6.45) is 0. The molecule has 1 aromatic rings. The second-order valence-corrected chi connectivity index (χ2v) is 8.90. The van der Waals surface area contributed by atoms with Crippen molar-refractivity contribution >= 4 is 27.7 Å². The first-order valence-electron chi connectivity index (χ1n) is 7.42. The van der Waals surface area contributed by atoms with Crippen LogP contribution >= 0.6 is 11.6 Å². The van der Waals surface area contributed by atoms with E-state index < -0.39 is 10.0 Å². The molecule has 0 atom stereocenters. The van der Waals surface area contributed by atoms with Crippen molar-refractivity contribution < 1.29 is 13.2 Å². The van der Waals surface area contributed by atoms with Crippen LogP contribution in [-0.2, 0) is 10.0 Å². The molecule has 6 nitrogen and oxygen atoms in total. The van der Waals surface area contributed by atoms with Crippen molar-refractivity contribution in [3.8, 4) is 0 Å². The van der Waals surface area contributed by atoms with Gasteiger partial charge in [0.05, 0.1) is 4.90 Å². The summed E-state index contributed by atoms with van der Waals surface area (Å²) in [5.74, 6) is 0. The van der Waals surface area contributed by atoms with Crippen LogP contribution in [0.1, 0.15) is 20.8 Å². The lowest BCUT2D eigenvalue weighted by molar-refractivity contribution is 0.165. The molecule has 1 aromatic carbocycles. The maximum atomic E-state index is 12.6. The Morgan fingerprint density at radius 1 is 1.17 bits per heavy atom. The first kappa shape index (κ1) is 18.0. The smallest absolute Gasteiger partial charge is 0.317 e. The van der Waals surface area contributed by atoms with Gasteiger partial charge in [-0.3, -0.25) is 0 Å². The van der Waals surface area contributed by atoms with Crippen molar-refractivity contribution in [1.82, 2.24) is 14.5 Å². The van der Waals surface area contributed by atoms with Crippen LogP contribution in [0.2, 0.25) is 5.02 Å².